The van der Waals surface area contributed by atoms with Crippen molar-refractivity contribution in [3.63, 3.8) is 0 Å². The van der Waals surface area contributed by atoms with Gasteiger partial charge < -0.3 is 4.74 Å². The largest absolute Gasteiger partial charge is 0.465 e. The highest BCUT2D eigenvalue weighted by molar-refractivity contribution is 6.17. The summed E-state index contributed by atoms with van der Waals surface area (Å²) in [6.45, 7) is 7.06. The van der Waals surface area contributed by atoms with Crippen LogP contribution in [0.4, 0.5) is 0 Å². The first-order valence-corrected chi connectivity index (χ1v) is 6.70. The van der Waals surface area contributed by atoms with Crippen molar-refractivity contribution < 1.29 is 19.1 Å². The van der Waals surface area contributed by atoms with E-state index in [1.54, 1.807) is 6.92 Å². The highest BCUT2D eigenvalue weighted by atomic mass is 16.5. The zero-order valence-corrected chi connectivity index (χ0v) is 11.8. The van der Waals surface area contributed by atoms with Crippen molar-refractivity contribution in [2.75, 3.05) is 6.61 Å². The molecule has 104 valence electrons. The number of ether oxygens (including phenoxy) is 1. The second kappa shape index (κ2) is 8.84. The molecule has 18 heavy (non-hydrogen) atoms. The van der Waals surface area contributed by atoms with Gasteiger partial charge in [0.15, 0.2) is 17.5 Å². The molecule has 2 atom stereocenters. The van der Waals surface area contributed by atoms with Gasteiger partial charge in [-0.3, -0.25) is 14.4 Å². The van der Waals surface area contributed by atoms with Crippen molar-refractivity contribution in [2.24, 2.45) is 11.8 Å². The summed E-state index contributed by atoms with van der Waals surface area (Å²) < 4.78 is 4.80. The maximum Gasteiger partial charge on any atom is 0.324 e. The van der Waals surface area contributed by atoms with E-state index in [2.05, 4.69) is 0 Å². The molecule has 0 saturated heterocycles. The molecule has 0 saturated carbocycles. The minimum absolute atomic E-state index is 0.182. The number of unbranched alkanes of at least 4 members (excludes halogenated alkanes) is 1. The van der Waals surface area contributed by atoms with Gasteiger partial charge in [0.25, 0.3) is 0 Å². The Balaban J connectivity index is 4.82. The first kappa shape index (κ1) is 16.8. The van der Waals surface area contributed by atoms with E-state index < -0.39 is 17.7 Å². The molecule has 0 bridgehead atoms. The van der Waals surface area contributed by atoms with Crippen LogP contribution in [-0.4, -0.2) is 24.1 Å². The molecular weight excluding hydrogens is 232 g/mol. The number of rotatable bonds is 9. The van der Waals surface area contributed by atoms with E-state index in [1.165, 1.54) is 6.92 Å². The SMILES string of the molecule is CCCCC(CC)C(=O)C(C(C)=O)C(=O)OCC. The standard InChI is InChI=1S/C14H24O4/c1-5-8-9-11(6-2)13(16)12(10(4)15)14(17)18-7-3/h11-12H,5-9H2,1-4H3. The lowest BCUT2D eigenvalue weighted by atomic mass is 9.85. The molecule has 0 fully saturated rings. The number of hydrogen-bond acceptors (Lipinski definition) is 4. The number of esters is 1. The molecule has 0 amide bonds. The molecule has 0 aromatic carbocycles. The zero-order chi connectivity index (χ0) is 14.1. The van der Waals surface area contributed by atoms with Gasteiger partial charge in [-0.15, -0.1) is 0 Å². The van der Waals surface area contributed by atoms with Gasteiger partial charge >= 0.3 is 5.97 Å². The lowest BCUT2D eigenvalue weighted by molar-refractivity contribution is -0.155. The molecule has 0 heterocycles. The maximum atomic E-state index is 12.2. The van der Waals surface area contributed by atoms with Gasteiger partial charge in [-0.05, 0) is 26.7 Å². The summed E-state index contributed by atoms with van der Waals surface area (Å²) in [5, 5.41) is 0. The second-order valence-electron chi connectivity index (χ2n) is 4.45. The summed E-state index contributed by atoms with van der Waals surface area (Å²) in [6.07, 6.45) is 3.31. The maximum absolute atomic E-state index is 12.2. The quantitative estimate of drug-likeness (QED) is 0.470. The van der Waals surface area contributed by atoms with Crippen LogP contribution in [0.25, 0.3) is 0 Å². The third-order valence-corrected chi connectivity index (χ3v) is 3.01. The summed E-state index contributed by atoms with van der Waals surface area (Å²) in [5.41, 5.74) is 0. The Labute approximate surface area is 109 Å². The van der Waals surface area contributed by atoms with E-state index in [0.717, 1.165) is 19.3 Å². The number of ketones is 2. The summed E-state index contributed by atoms with van der Waals surface area (Å²) in [7, 11) is 0. The van der Waals surface area contributed by atoms with Crippen molar-refractivity contribution in [1.82, 2.24) is 0 Å². The first-order chi connectivity index (χ1) is 8.49. The van der Waals surface area contributed by atoms with E-state index in [9.17, 15) is 14.4 Å². The van der Waals surface area contributed by atoms with Crippen molar-refractivity contribution in [3.8, 4) is 0 Å². The molecule has 4 heteroatoms. The fraction of sp³-hybridized carbons (Fsp3) is 0.786. The van der Waals surface area contributed by atoms with E-state index in [-0.39, 0.29) is 18.3 Å². The van der Waals surface area contributed by atoms with Crippen LogP contribution in [-0.2, 0) is 19.1 Å². The van der Waals surface area contributed by atoms with Gasteiger partial charge in [-0.1, -0.05) is 26.7 Å². The number of hydrogen-bond donors (Lipinski definition) is 0. The molecule has 0 aliphatic heterocycles. The lowest BCUT2D eigenvalue weighted by Crippen LogP contribution is -2.36. The van der Waals surface area contributed by atoms with Gasteiger partial charge in [-0.25, -0.2) is 0 Å². The molecule has 4 nitrogen and oxygen atoms in total. The number of carbonyl (C=O) groups is 3. The summed E-state index contributed by atoms with van der Waals surface area (Å²) in [6, 6.07) is 0. The lowest BCUT2D eigenvalue weighted by Gasteiger charge is -2.18. The molecule has 0 aliphatic rings. The minimum atomic E-state index is -1.23. The van der Waals surface area contributed by atoms with Crippen LogP contribution in [0.15, 0.2) is 0 Å². The van der Waals surface area contributed by atoms with Crippen molar-refractivity contribution in [1.29, 1.82) is 0 Å². The Bertz CT molecular complexity index is 296. The highest BCUT2D eigenvalue weighted by Gasteiger charge is 2.35. The van der Waals surface area contributed by atoms with Crippen LogP contribution in [0.2, 0.25) is 0 Å². The van der Waals surface area contributed by atoms with E-state index in [1.807, 2.05) is 13.8 Å². The topological polar surface area (TPSA) is 60.4 Å². The molecule has 0 radical (unpaired) electrons. The third kappa shape index (κ3) is 4.98. The van der Waals surface area contributed by atoms with E-state index in [0.29, 0.717) is 6.42 Å². The zero-order valence-electron chi connectivity index (χ0n) is 11.8. The van der Waals surface area contributed by atoms with Crippen LogP contribution >= 0.6 is 0 Å². The molecule has 0 rings (SSSR count). The number of carbonyl (C=O) groups excluding carboxylic acids is 3. The summed E-state index contributed by atoms with van der Waals surface area (Å²) in [4.78, 5) is 35.3. The Morgan fingerprint density at radius 3 is 2.11 bits per heavy atom. The average molecular weight is 256 g/mol. The van der Waals surface area contributed by atoms with E-state index >= 15 is 0 Å². The predicted molar refractivity (Wildman–Crippen MR) is 69.1 cm³/mol. The summed E-state index contributed by atoms with van der Waals surface area (Å²) >= 11 is 0. The van der Waals surface area contributed by atoms with Crippen LogP contribution in [0.1, 0.15) is 53.4 Å². The van der Waals surface area contributed by atoms with Gasteiger partial charge in [0.2, 0.25) is 0 Å². The van der Waals surface area contributed by atoms with Crippen LogP contribution in [0, 0.1) is 11.8 Å². The highest BCUT2D eigenvalue weighted by Crippen LogP contribution is 2.20. The third-order valence-electron chi connectivity index (χ3n) is 3.01. The second-order valence-corrected chi connectivity index (χ2v) is 4.45. The molecule has 0 aromatic heterocycles. The van der Waals surface area contributed by atoms with Gasteiger partial charge in [0, 0.05) is 5.92 Å². The molecule has 2 unspecified atom stereocenters. The normalized spacial score (nSPS) is 13.8. The van der Waals surface area contributed by atoms with Gasteiger partial charge in [0.1, 0.15) is 0 Å². The van der Waals surface area contributed by atoms with Crippen LogP contribution < -0.4 is 0 Å². The fourth-order valence-corrected chi connectivity index (χ4v) is 1.94. The van der Waals surface area contributed by atoms with Crippen LogP contribution in [0.5, 0.6) is 0 Å². The van der Waals surface area contributed by atoms with Gasteiger partial charge in [0.05, 0.1) is 6.61 Å². The van der Waals surface area contributed by atoms with E-state index in [4.69, 9.17) is 4.74 Å². The molecule has 0 spiro atoms. The smallest absolute Gasteiger partial charge is 0.324 e. The average Bonchev–Trinajstić information content (AvgIpc) is 2.30. The van der Waals surface area contributed by atoms with Crippen molar-refractivity contribution in [2.45, 2.75) is 53.4 Å². The Hall–Kier alpha value is -1.19. The Morgan fingerprint density at radius 2 is 1.72 bits per heavy atom. The molecule has 0 aliphatic carbocycles. The first-order valence-electron chi connectivity index (χ1n) is 6.70. The van der Waals surface area contributed by atoms with Crippen molar-refractivity contribution in [3.05, 3.63) is 0 Å². The summed E-state index contributed by atoms with van der Waals surface area (Å²) in [5.74, 6) is -2.86. The monoisotopic (exact) mass is 256 g/mol. The molecule has 0 aromatic rings. The fourth-order valence-electron chi connectivity index (χ4n) is 1.94. The van der Waals surface area contributed by atoms with Crippen LogP contribution in [0.3, 0.4) is 0 Å². The Kier molecular flexibility index (Phi) is 8.25. The van der Waals surface area contributed by atoms with Crippen molar-refractivity contribution >= 4 is 17.5 Å². The van der Waals surface area contributed by atoms with Gasteiger partial charge in [-0.2, -0.15) is 0 Å². The predicted octanol–water partition coefficient (Wildman–Crippen LogP) is 2.54. The minimum Gasteiger partial charge on any atom is -0.465 e. The Morgan fingerprint density at radius 1 is 1.11 bits per heavy atom. The molecule has 0 N–H and O–H groups in total. The number of Topliss-reactive ketones (excluding diaryl/α,β-unsaturated/α-hetero) is 2. The molecular formula is C14H24O4.